The van der Waals surface area contributed by atoms with E-state index < -0.39 is 0 Å². The van der Waals surface area contributed by atoms with E-state index in [1.54, 1.807) is 0 Å². The number of carbonyl (C=O) groups is 1. The van der Waals surface area contributed by atoms with Crippen LogP contribution in [0.15, 0.2) is 23.3 Å². The maximum Gasteiger partial charge on any atom is 0.300 e. The minimum atomic E-state index is -0.309. The molecule has 0 fully saturated rings. The van der Waals surface area contributed by atoms with Gasteiger partial charge in [0.15, 0.2) is 0 Å². The number of hydrogen-bond donors (Lipinski definition) is 2. The van der Waals surface area contributed by atoms with Gasteiger partial charge in [0.2, 0.25) is 0 Å². The molecule has 100 valence electrons. The van der Waals surface area contributed by atoms with Crippen LogP contribution >= 0.6 is 11.8 Å². The summed E-state index contributed by atoms with van der Waals surface area (Å²) in [5, 5.41) is 7.68. The fourth-order valence-corrected chi connectivity index (χ4v) is 3.44. The van der Waals surface area contributed by atoms with Crippen molar-refractivity contribution in [3.63, 3.8) is 0 Å². The van der Waals surface area contributed by atoms with Gasteiger partial charge < -0.3 is 5.32 Å². The highest BCUT2D eigenvalue weighted by molar-refractivity contribution is 8.15. The quantitative estimate of drug-likeness (QED) is 0.828. The van der Waals surface area contributed by atoms with Gasteiger partial charge in [0.05, 0.1) is 10.5 Å². The van der Waals surface area contributed by atoms with Crippen LogP contribution in [0, 0.1) is 0 Å². The summed E-state index contributed by atoms with van der Waals surface area (Å²) < 4.78 is -0.309. The molecule has 0 saturated carbocycles. The number of nitrogens with zero attached hydrogens (tertiary/aromatic N) is 1. The van der Waals surface area contributed by atoms with Gasteiger partial charge >= 0.3 is 0 Å². The monoisotopic (exact) mass is 275 g/mol. The summed E-state index contributed by atoms with van der Waals surface area (Å²) in [5.41, 5.74) is 7.13. The molecule has 0 saturated heterocycles. The maximum absolute atomic E-state index is 11.5. The van der Waals surface area contributed by atoms with E-state index >= 15 is 0 Å². The Bertz CT molecular complexity index is 566. The molecule has 5 heteroatoms. The molecule has 2 N–H and O–H groups in total. The summed E-state index contributed by atoms with van der Waals surface area (Å²) in [6, 6.07) is 6.31. The third-order valence-corrected chi connectivity index (χ3v) is 4.49. The molecule has 0 unspecified atom stereocenters. The van der Waals surface area contributed by atoms with Crippen molar-refractivity contribution in [2.45, 2.75) is 31.4 Å². The SMILES string of the molecule is CC1(C)SC(=O)NN=C1c1cccc2c1NCCC2. The van der Waals surface area contributed by atoms with Crippen molar-refractivity contribution >= 4 is 28.4 Å². The number of para-hydroxylation sites is 1. The number of carbonyl (C=O) groups excluding carboxylic acids is 1. The van der Waals surface area contributed by atoms with E-state index in [-0.39, 0.29) is 9.99 Å². The summed E-state index contributed by atoms with van der Waals surface area (Å²) in [5.74, 6) is 0. The number of amides is 1. The Morgan fingerprint density at radius 2 is 2.21 bits per heavy atom. The number of hydrogen-bond acceptors (Lipinski definition) is 4. The average molecular weight is 275 g/mol. The Morgan fingerprint density at radius 3 is 3.00 bits per heavy atom. The topological polar surface area (TPSA) is 53.5 Å². The van der Waals surface area contributed by atoms with E-state index in [0.717, 1.165) is 30.7 Å². The Morgan fingerprint density at radius 1 is 1.37 bits per heavy atom. The van der Waals surface area contributed by atoms with Gasteiger partial charge in [-0.15, -0.1) is 0 Å². The van der Waals surface area contributed by atoms with Gasteiger partial charge in [0.1, 0.15) is 0 Å². The molecular formula is C14H17N3OS. The van der Waals surface area contributed by atoms with Crippen LogP contribution in [0.3, 0.4) is 0 Å². The molecule has 2 aliphatic heterocycles. The molecule has 0 aromatic heterocycles. The van der Waals surface area contributed by atoms with E-state index in [1.165, 1.54) is 23.0 Å². The molecule has 1 aromatic carbocycles. The zero-order valence-corrected chi connectivity index (χ0v) is 11.9. The number of fused-ring (bicyclic) bond motifs is 1. The number of rotatable bonds is 1. The van der Waals surface area contributed by atoms with Crippen molar-refractivity contribution < 1.29 is 4.79 Å². The second kappa shape index (κ2) is 4.56. The molecular weight excluding hydrogens is 258 g/mol. The fourth-order valence-electron chi connectivity index (χ4n) is 2.63. The molecule has 4 nitrogen and oxygen atoms in total. The summed E-state index contributed by atoms with van der Waals surface area (Å²) in [4.78, 5) is 11.5. The van der Waals surface area contributed by atoms with Crippen molar-refractivity contribution in [3.8, 4) is 0 Å². The van der Waals surface area contributed by atoms with Crippen molar-refractivity contribution in [2.24, 2.45) is 5.10 Å². The molecule has 19 heavy (non-hydrogen) atoms. The molecule has 1 amide bonds. The smallest absolute Gasteiger partial charge is 0.300 e. The average Bonchev–Trinajstić information content (AvgIpc) is 2.37. The molecule has 0 radical (unpaired) electrons. The van der Waals surface area contributed by atoms with Gasteiger partial charge in [-0.25, -0.2) is 5.43 Å². The Labute approximate surface area is 117 Å². The van der Waals surface area contributed by atoms with Crippen LogP contribution in [0.2, 0.25) is 0 Å². The van der Waals surface area contributed by atoms with E-state index in [4.69, 9.17) is 0 Å². The fraction of sp³-hybridized carbons (Fsp3) is 0.429. The Balaban J connectivity index is 2.09. The van der Waals surface area contributed by atoms with Gasteiger partial charge in [-0.1, -0.05) is 30.0 Å². The first kappa shape index (κ1) is 12.5. The minimum Gasteiger partial charge on any atom is -0.384 e. The Kier molecular flexibility index (Phi) is 3.01. The highest BCUT2D eigenvalue weighted by Crippen LogP contribution is 2.36. The van der Waals surface area contributed by atoms with Crippen LogP contribution in [-0.4, -0.2) is 22.2 Å². The first-order valence-corrected chi connectivity index (χ1v) is 7.33. The zero-order valence-electron chi connectivity index (χ0n) is 11.1. The standard InChI is InChI=1S/C14H17N3OS/c1-14(2)12(16-17-13(18)19-14)10-7-3-5-9-6-4-8-15-11(9)10/h3,5,7,15H,4,6,8H2,1-2H3,(H,17,18). The lowest BCUT2D eigenvalue weighted by molar-refractivity contribution is 0.260. The lowest BCUT2D eigenvalue weighted by atomic mass is 9.92. The predicted octanol–water partition coefficient (Wildman–Crippen LogP) is 2.98. The lowest BCUT2D eigenvalue weighted by Crippen LogP contribution is -2.39. The lowest BCUT2D eigenvalue weighted by Gasteiger charge is -2.31. The summed E-state index contributed by atoms with van der Waals surface area (Å²) in [6.07, 6.45) is 2.27. The minimum absolute atomic E-state index is 0.0912. The zero-order chi connectivity index (χ0) is 13.5. The number of nitrogens with one attached hydrogen (secondary N) is 2. The number of benzene rings is 1. The molecule has 2 heterocycles. The van der Waals surface area contributed by atoms with Crippen molar-refractivity contribution in [1.82, 2.24) is 5.43 Å². The number of aryl methyl sites for hydroxylation is 1. The molecule has 3 rings (SSSR count). The number of thioether (sulfide) groups is 1. The van der Waals surface area contributed by atoms with Gasteiger partial charge in [-0.05, 0) is 32.3 Å². The third-order valence-electron chi connectivity index (χ3n) is 3.51. The molecule has 2 aliphatic rings. The summed E-state index contributed by atoms with van der Waals surface area (Å²) in [6.45, 7) is 5.08. The number of anilines is 1. The van der Waals surface area contributed by atoms with E-state index in [1.807, 2.05) is 13.8 Å². The van der Waals surface area contributed by atoms with Crippen LogP contribution in [0.5, 0.6) is 0 Å². The van der Waals surface area contributed by atoms with E-state index in [9.17, 15) is 4.79 Å². The van der Waals surface area contributed by atoms with Gasteiger partial charge in [0.25, 0.3) is 5.24 Å². The molecule has 1 aromatic rings. The first-order chi connectivity index (χ1) is 9.08. The molecule has 0 spiro atoms. The maximum atomic E-state index is 11.5. The van der Waals surface area contributed by atoms with Crippen LogP contribution in [0.1, 0.15) is 31.4 Å². The van der Waals surface area contributed by atoms with Crippen LogP contribution < -0.4 is 10.7 Å². The van der Waals surface area contributed by atoms with Crippen molar-refractivity contribution in [1.29, 1.82) is 0 Å². The van der Waals surface area contributed by atoms with Gasteiger partial charge in [-0.2, -0.15) is 5.10 Å². The predicted molar refractivity (Wildman–Crippen MR) is 80.0 cm³/mol. The second-order valence-corrected chi connectivity index (χ2v) is 6.94. The largest absolute Gasteiger partial charge is 0.384 e. The molecule has 0 bridgehead atoms. The molecule has 0 aliphatic carbocycles. The highest BCUT2D eigenvalue weighted by Gasteiger charge is 2.35. The summed E-state index contributed by atoms with van der Waals surface area (Å²) >= 11 is 1.29. The van der Waals surface area contributed by atoms with E-state index in [2.05, 4.69) is 34.0 Å². The molecule has 0 atom stereocenters. The van der Waals surface area contributed by atoms with Crippen LogP contribution in [-0.2, 0) is 6.42 Å². The first-order valence-electron chi connectivity index (χ1n) is 6.51. The van der Waals surface area contributed by atoms with E-state index in [0.29, 0.717) is 0 Å². The summed E-state index contributed by atoms with van der Waals surface area (Å²) in [7, 11) is 0. The van der Waals surface area contributed by atoms with Gasteiger partial charge in [-0.3, -0.25) is 4.79 Å². The normalized spacial score (nSPS) is 20.9. The number of hydrazone groups is 1. The van der Waals surface area contributed by atoms with Gasteiger partial charge in [0, 0.05) is 17.8 Å². The van der Waals surface area contributed by atoms with Crippen molar-refractivity contribution in [2.75, 3.05) is 11.9 Å². The van der Waals surface area contributed by atoms with Crippen molar-refractivity contribution in [3.05, 3.63) is 29.3 Å². The third kappa shape index (κ3) is 2.23. The van der Waals surface area contributed by atoms with Crippen LogP contribution in [0.25, 0.3) is 0 Å². The van der Waals surface area contributed by atoms with Crippen LogP contribution in [0.4, 0.5) is 10.5 Å². The Hall–Kier alpha value is -1.49. The highest BCUT2D eigenvalue weighted by atomic mass is 32.2. The second-order valence-electron chi connectivity index (χ2n) is 5.34.